The zero-order valence-electron chi connectivity index (χ0n) is 14.2. The van der Waals surface area contributed by atoms with Crippen LogP contribution in [0.15, 0.2) is 30.3 Å². The van der Waals surface area contributed by atoms with Gasteiger partial charge in [-0.25, -0.2) is 4.68 Å². The maximum absolute atomic E-state index is 6.07. The molecule has 0 aliphatic carbocycles. The van der Waals surface area contributed by atoms with E-state index in [1.54, 1.807) is 0 Å². The minimum atomic E-state index is 0.540. The largest absolute Gasteiger partial charge is 0.439 e. The normalized spacial score (nSPS) is 19.0. The van der Waals surface area contributed by atoms with Gasteiger partial charge in [0.05, 0.1) is 11.3 Å². The number of piperidine rings is 1. The molecule has 0 bridgehead atoms. The summed E-state index contributed by atoms with van der Waals surface area (Å²) in [6.07, 6.45) is 2.49. The Hall–Kier alpha value is -1.85. The fourth-order valence-electron chi connectivity index (χ4n) is 3.19. The first-order valence-corrected chi connectivity index (χ1v) is 8.31. The number of nitrogens with zero attached hydrogens (tertiary/aromatic N) is 3. The number of aryl methyl sites for hydroxylation is 2. The number of hydrogen-bond donors (Lipinski definition) is 1. The molecule has 0 radical (unpaired) electrons. The highest BCUT2D eigenvalue weighted by Gasteiger charge is 2.20. The summed E-state index contributed by atoms with van der Waals surface area (Å²) in [4.78, 5) is 2.39. The van der Waals surface area contributed by atoms with Crippen LogP contribution in [0.5, 0.6) is 11.6 Å². The van der Waals surface area contributed by atoms with Crippen molar-refractivity contribution >= 4 is 0 Å². The van der Waals surface area contributed by atoms with Gasteiger partial charge in [0.15, 0.2) is 0 Å². The maximum Gasteiger partial charge on any atom is 0.222 e. The molecule has 3 rings (SSSR count). The molecule has 0 saturated carbocycles. The Bertz CT molecular complexity index is 638. The Morgan fingerprint density at radius 2 is 2.04 bits per heavy atom. The Labute approximate surface area is 138 Å². The summed E-state index contributed by atoms with van der Waals surface area (Å²) in [6.45, 7) is 5.14. The smallest absolute Gasteiger partial charge is 0.222 e. The second-order valence-corrected chi connectivity index (χ2v) is 6.39. The summed E-state index contributed by atoms with van der Waals surface area (Å²) >= 11 is 0. The van der Waals surface area contributed by atoms with Crippen LogP contribution in [0.3, 0.4) is 0 Å². The van der Waals surface area contributed by atoms with Crippen LogP contribution in [-0.4, -0.2) is 40.9 Å². The quantitative estimate of drug-likeness (QED) is 0.921. The molecule has 1 aliphatic heterocycles. The summed E-state index contributed by atoms with van der Waals surface area (Å²) in [7, 11) is 4.12. The van der Waals surface area contributed by atoms with Crippen molar-refractivity contribution in [3.63, 3.8) is 0 Å². The number of nitrogens with one attached hydrogen (secondary N) is 1. The van der Waals surface area contributed by atoms with Crippen molar-refractivity contribution in [2.75, 3.05) is 20.1 Å². The van der Waals surface area contributed by atoms with Crippen molar-refractivity contribution in [3.05, 3.63) is 41.6 Å². The van der Waals surface area contributed by atoms with Gasteiger partial charge in [-0.05, 0) is 45.5 Å². The number of benzene rings is 1. The number of rotatable bonds is 5. The SMILES string of the molecule is Cc1nn(C)c(Oc2ccccc2)c1CNC1CCCN(C)C1. The van der Waals surface area contributed by atoms with Crippen LogP contribution >= 0.6 is 0 Å². The summed E-state index contributed by atoms with van der Waals surface area (Å²) in [5.74, 6) is 1.67. The predicted octanol–water partition coefficient (Wildman–Crippen LogP) is 2.70. The molecule has 1 aromatic heterocycles. The molecule has 1 aromatic carbocycles. The second kappa shape index (κ2) is 7.15. The molecular weight excluding hydrogens is 288 g/mol. The van der Waals surface area contributed by atoms with E-state index in [9.17, 15) is 0 Å². The number of aromatic nitrogens is 2. The zero-order valence-corrected chi connectivity index (χ0v) is 14.2. The third-order valence-electron chi connectivity index (χ3n) is 4.44. The molecule has 2 aromatic rings. The van der Waals surface area contributed by atoms with E-state index in [2.05, 4.69) is 22.4 Å². The first-order valence-electron chi connectivity index (χ1n) is 8.31. The van der Waals surface area contributed by atoms with Crippen LogP contribution < -0.4 is 10.1 Å². The molecule has 1 atom stereocenters. The Kier molecular flexibility index (Phi) is 4.98. The van der Waals surface area contributed by atoms with Gasteiger partial charge in [0.2, 0.25) is 5.88 Å². The summed E-state index contributed by atoms with van der Waals surface area (Å²) in [5, 5.41) is 8.20. The van der Waals surface area contributed by atoms with E-state index < -0.39 is 0 Å². The monoisotopic (exact) mass is 314 g/mol. The van der Waals surface area contributed by atoms with Crippen LogP contribution in [0, 0.1) is 6.92 Å². The molecule has 0 spiro atoms. The zero-order chi connectivity index (χ0) is 16.2. The Balaban J connectivity index is 1.71. The van der Waals surface area contributed by atoms with Gasteiger partial charge in [0.1, 0.15) is 5.75 Å². The molecule has 2 heterocycles. The lowest BCUT2D eigenvalue weighted by Crippen LogP contribution is -2.43. The predicted molar refractivity (Wildman–Crippen MR) is 91.8 cm³/mol. The first kappa shape index (κ1) is 16.0. The summed E-state index contributed by atoms with van der Waals surface area (Å²) < 4.78 is 7.90. The molecule has 1 N–H and O–H groups in total. The molecule has 0 amide bonds. The standard InChI is InChI=1S/C18H26N4O/c1-14-17(12-19-15-8-7-11-21(2)13-15)18(22(3)20-14)23-16-9-5-4-6-10-16/h4-6,9-10,15,19H,7-8,11-13H2,1-3H3. The minimum absolute atomic E-state index is 0.540. The van der Waals surface area contributed by atoms with E-state index in [1.165, 1.54) is 19.4 Å². The highest BCUT2D eigenvalue weighted by atomic mass is 16.5. The highest BCUT2D eigenvalue weighted by Crippen LogP contribution is 2.27. The molecular formula is C18H26N4O. The van der Waals surface area contributed by atoms with Gasteiger partial charge in [-0.15, -0.1) is 0 Å². The van der Waals surface area contributed by atoms with E-state index in [0.717, 1.165) is 36.0 Å². The van der Waals surface area contributed by atoms with Gasteiger partial charge in [-0.3, -0.25) is 0 Å². The lowest BCUT2D eigenvalue weighted by Gasteiger charge is -2.30. The minimum Gasteiger partial charge on any atom is -0.439 e. The number of hydrogen-bond acceptors (Lipinski definition) is 4. The average molecular weight is 314 g/mol. The topological polar surface area (TPSA) is 42.3 Å². The van der Waals surface area contributed by atoms with E-state index in [-0.39, 0.29) is 0 Å². The first-order chi connectivity index (χ1) is 11.1. The highest BCUT2D eigenvalue weighted by molar-refractivity contribution is 5.35. The lowest BCUT2D eigenvalue weighted by molar-refractivity contribution is 0.226. The van der Waals surface area contributed by atoms with E-state index in [4.69, 9.17) is 4.74 Å². The third kappa shape index (κ3) is 3.92. The number of ether oxygens (including phenoxy) is 1. The van der Waals surface area contributed by atoms with Crippen LogP contribution in [0.1, 0.15) is 24.1 Å². The van der Waals surface area contributed by atoms with Gasteiger partial charge >= 0.3 is 0 Å². The van der Waals surface area contributed by atoms with Crippen molar-refractivity contribution < 1.29 is 4.74 Å². The van der Waals surface area contributed by atoms with Gasteiger partial charge in [-0.1, -0.05) is 18.2 Å². The van der Waals surface area contributed by atoms with E-state index >= 15 is 0 Å². The second-order valence-electron chi connectivity index (χ2n) is 6.39. The van der Waals surface area contributed by atoms with E-state index in [0.29, 0.717) is 6.04 Å². The molecule has 23 heavy (non-hydrogen) atoms. The van der Waals surface area contributed by atoms with Crippen molar-refractivity contribution in [2.24, 2.45) is 7.05 Å². The molecule has 1 aliphatic rings. The van der Waals surface area contributed by atoms with Crippen molar-refractivity contribution in [3.8, 4) is 11.6 Å². The number of likely N-dealkylation sites (tertiary alicyclic amines) is 1. The molecule has 1 fully saturated rings. The van der Waals surface area contributed by atoms with Gasteiger partial charge < -0.3 is 15.0 Å². The van der Waals surface area contributed by atoms with Crippen LogP contribution in [0.25, 0.3) is 0 Å². The molecule has 124 valence electrons. The van der Waals surface area contributed by atoms with Gasteiger partial charge in [-0.2, -0.15) is 5.10 Å². The fraction of sp³-hybridized carbons (Fsp3) is 0.500. The van der Waals surface area contributed by atoms with Crippen LogP contribution in [0.4, 0.5) is 0 Å². The van der Waals surface area contributed by atoms with Crippen molar-refractivity contribution in [2.45, 2.75) is 32.4 Å². The molecule has 5 heteroatoms. The Morgan fingerprint density at radius 3 is 2.78 bits per heavy atom. The number of likely N-dealkylation sites (N-methyl/N-ethyl adjacent to an activating group) is 1. The summed E-state index contributed by atoms with van der Waals surface area (Å²) in [5.41, 5.74) is 2.17. The van der Waals surface area contributed by atoms with Crippen molar-refractivity contribution in [1.82, 2.24) is 20.0 Å². The van der Waals surface area contributed by atoms with Crippen LogP contribution in [0.2, 0.25) is 0 Å². The van der Waals surface area contributed by atoms with Gasteiger partial charge in [0, 0.05) is 26.2 Å². The van der Waals surface area contributed by atoms with Gasteiger partial charge in [0.25, 0.3) is 0 Å². The molecule has 5 nitrogen and oxygen atoms in total. The fourth-order valence-corrected chi connectivity index (χ4v) is 3.19. The summed E-state index contributed by atoms with van der Waals surface area (Å²) in [6, 6.07) is 10.4. The van der Waals surface area contributed by atoms with E-state index in [1.807, 2.05) is 49.0 Å². The lowest BCUT2D eigenvalue weighted by atomic mass is 10.1. The van der Waals surface area contributed by atoms with Crippen molar-refractivity contribution in [1.29, 1.82) is 0 Å². The average Bonchev–Trinajstić information content (AvgIpc) is 2.80. The third-order valence-corrected chi connectivity index (χ3v) is 4.44. The number of para-hydroxylation sites is 1. The molecule has 1 saturated heterocycles. The van der Waals surface area contributed by atoms with Crippen LogP contribution in [-0.2, 0) is 13.6 Å². The maximum atomic E-state index is 6.07. The Morgan fingerprint density at radius 1 is 1.26 bits per heavy atom. The molecule has 1 unspecified atom stereocenters.